The van der Waals surface area contributed by atoms with Crippen LogP contribution in [0.15, 0.2) is 17.0 Å². The first kappa shape index (κ1) is 16.9. The molecule has 6 heteroatoms. The van der Waals surface area contributed by atoms with Crippen molar-refractivity contribution in [3.05, 3.63) is 23.3 Å². The van der Waals surface area contributed by atoms with Gasteiger partial charge in [0, 0.05) is 13.2 Å². The highest BCUT2D eigenvalue weighted by Gasteiger charge is 2.20. The van der Waals surface area contributed by atoms with Crippen molar-refractivity contribution in [3.63, 3.8) is 0 Å². The largest absolute Gasteiger partial charge is 0.497 e. The fourth-order valence-corrected chi connectivity index (χ4v) is 3.71. The zero-order chi connectivity index (χ0) is 15.3. The summed E-state index contributed by atoms with van der Waals surface area (Å²) in [5.41, 5.74) is 1.31. The molecule has 0 saturated carbocycles. The van der Waals surface area contributed by atoms with E-state index >= 15 is 0 Å². The average Bonchev–Trinajstić information content (AvgIpc) is 2.35. The van der Waals surface area contributed by atoms with Crippen molar-refractivity contribution >= 4 is 10.0 Å². The van der Waals surface area contributed by atoms with Gasteiger partial charge in [0.1, 0.15) is 5.75 Å². The van der Waals surface area contributed by atoms with Crippen LogP contribution in [0.1, 0.15) is 24.5 Å². The van der Waals surface area contributed by atoms with Gasteiger partial charge in [0.25, 0.3) is 0 Å². The molecule has 0 aliphatic rings. The molecular formula is C14H23NO4S. The van der Waals surface area contributed by atoms with Gasteiger partial charge in [-0.3, -0.25) is 0 Å². The van der Waals surface area contributed by atoms with Crippen LogP contribution in [0.3, 0.4) is 0 Å². The summed E-state index contributed by atoms with van der Waals surface area (Å²) in [6.45, 7) is 5.77. The zero-order valence-corrected chi connectivity index (χ0v) is 13.3. The summed E-state index contributed by atoms with van der Waals surface area (Å²) in [7, 11) is -1.99. The molecule has 0 aliphatic heterocycles. The Kier molecular flexibility index (Phi) is 5.98. The van der Waals surface area contributed by atoms with E-state index in [0.29, 0.717) is 34.7 Å². The van der Waals surface area contributed by atoms with E-state index in [1.54, 1.807) is 33.1 Å². The lowest BCUT2D eigenvalue weighted by Crippen LogP contribution is -2.29. The molecule has 0 fully saturated rings. The summed E-state index contributed by atoms with van der Waals surface area (Å²) >= 11 is 0. The lowest BCUT2D eigenvalue weighted by atomic mass is 10.1. The fourth-order valence-electron chi connectivity index (χ4n) is 2.10. The number of nitrogens with one attached hydrogen (secondary N) is 1. The second-order valence-corrected chi connectivity index (χ2v) is 6.76. The van der Waals surface area contributed by atoms with Gasteiger partial charge in [0.2, 0.25) is 10.0 Å². The van der Waals surface area contributed by atoms with E-state index in [1.807, 2.05) is 6.92 Å². The van der Waals surface area contributed by atoms with Crippen molar-refractivity contribution in [1.82, 2.24) is 4.72 Å². The molecule has 1 rings (SSSR count). The van der Waals surface area contributed by atoms with Gasteiger partial charge in [0.05, 0.1) is 12.0 Å². The molecule has 0 heterocycles. The minimum absolute atomic E-state index is 0.0590. The van der Waals surface area contributed by atoms with E-state index in [0.717, 1.165) is 0 Å². The van der Waals surface area contributed by atoms with Crippen molar-refractivity contribution in [3.8, 4) is 5.75 Å². The van der Waals surface area contributed by atoms with Gasteiger partial charge in [-0.1, -0.05) is 6.92 Å². The molecule has 1 aromatic carbocycles. The number of aliphatic hydroxyl groups excluding tert-OH is 1. The predicted octanol–water partition coefficient (Wildman–Crippen LogP) is 1.61. The highest BCUT2D eigenvalue weighted by atomic mass is 32.2. The maximum atomic E-state index is 12.4. The number of methoxy groups -OCH3 is 1. The maximum Gasteiger partial charge on any atom is 0.241 e. The molecule has 114 valence electrons. The first-order chi connectivity index (χ1) is 9.31. The molecule has 0 aromatic heterocycles. The minimum atomic E-state index is -3.55. The van der Waals surface area contributed by atoms with E-state index < -0.39 is 10.0 Å². The quantitative estimate of drug-likeness (QED) is 0.802. The van der Waals surface area contributed by atoms with Gasteiger partial charge in [-0.05, 0) is 49.4 Å². The average molecular weight is 301 g/mol. The second-order valence-electron chi connectivity index (χ2n) is 5.06. The molecule has 0 bridgehead atoms. The van der Waals surface area contributed by atoms with Crippen molar-refractivity contribution in [2.45, 2.75) is 32.1 Å². The molecule has 1 atom stereocenters. The molecule has 0 saturated heterocycles. The standard InChI is InChI=1S/C14H23NO4S/c1-10(5-6-16)9-15-20(17,18)14-11(2)7-13(19-4)8-12(14)3/h7-8,10,15-16H,5-6,9H2,1-4H3. The van der Waals surface area contributed by atoms with Crippen molar-refractivity contribution in [2.75, 3.05) is 20.3 Å². The molecule has 1 unspecified atom stereocenters. The monoisotopic (exact) mass is 301 g/mol. The van der Waals surface area contributed by atoms with Crippen LogP contribution in [-0.4, -0.2) is 33.8 Å². The molecule has 20 heavy (non-hydrogen) atoms. The number of benzene rings is 1. The van der Waals surface area contributed by atoms with Crippen LogP contribution in [0.5, 0.6) is 5.75 Å². The van der Waals surface area contributed by atoms with Crippen LogP contribution >= 0.6 is 0 Å². The lowest BCUT2D eigenvalue weighted by Gasteiger charge is -2.15. The molecule has 5 nitrogen and oxygen atoms in total. The number of sulfonamides is 1. The molecular weight excluding hydrogens is 278 g/mol. The third kappa shape index (κ3) is 4.19. The summed E-state index contributed by atoms with van der Waals surface area (Å²) in [4.78, 5) is 0.300. The van der Waals surface area contributed by atoms with Crippen LogP contribution in [0, 0.1) is 19.8 Å². The molecule has 2 N–H and O–H groups in total. The number of aryl methyl sites for hydroxylation is 2. The molecule has 0 aliphatic carbocycles. The first-order valence-corrected chi connectivity index (χ1v) is 8.06. The van der Waals surface area contributed by atoms with Crippen molar-refractivity contribution in [2.24, 2.45) is 5.92 Å². The van der Waals surface area contributed by atoms with E-state index in [2.05, 4.69) is 4.72 Å². The minimum Gasteiger partial charge on any atom is -0.497 e. The summed E-state index contributed by atoms with van der Waals surface area (Å²) in [5.74, 6) is 0.737. The Balaban J connectivity index is 2.98. The third-order valence-corrected chi connectivity index (χ3v) is 4.91. The van der Waals surface area contributed by atoms with Crippen molar-refractivity contribution in [1.29, 1.82) is 0 Å². The summed E-state index contributed by atoms with van der Waals surface area (Å²) < 4.78 is 32.5. The summed E-state index contributed by atoms with van der Waals surface area (Å²) in [6.07, 6.45) is 0.573. The van der Waals surface area contributed by atoms with E-state index in [4.69, 9.17) is 9.84 Å². The Morgan fingerprint density at radius 1 is 1.30 bits per heavy atom. The predicted molar refractivity (Wildman–Crippen MR) is 78.5 cm³/mol. The van der Waals surface area contributed by atoms with E-state index in [9.17, 15) is 8.42 Å². The van der Waals surface area contributed by atoms with Crippen LogP contribution < -0.4 is 9.46 Å². The molecule has 0 amide bonds. The van der Waals surface area contributed by atoms with Gasteiger partial charge in [-0.2, -0.15) is 0 Å². The number of hydrogen-bond donors (Lipinski definition) is 2. The Morgan fingerprint density at radius 2 is 1.85 bits per heavy atom. The van der Waals surface area contributed by atoms with Crippen LogP contribution in [0.2, 0.25) is 0 Å². The number of ether oxygens (including phenoxy) is 1. The molecule has 0 radical (unpaired) electrons. The normalized spacial score (nSPS) is 13.2. The molecule has 1 aromatic rings. The van der Waals surface area contributed by atoms with Crippen LogP contribution in [-0.2, 0) is 10.0 Å². The summed E-state index contributed by atoms with van der Waals surface area (Å²) in [5, 5.41) is 8.84. The highest BCUT2D eigenvalue weighted by molar-refractivity contribution is 7.89. The van der Waals surface area contributed by atoms with E-state index in [1.165, 1.54) is 0 Å². The number of aliphatic hydroxyl groups is 1. The Labute approximate surface area is 121 Å². The maximum absolute atomic E-state index is 12.4. The second kappa shape index (κ2) is 7.06. The molecule has 0 spiro atoms. The van der Waals surface area contributed by atoms with Crippen LogP contribution in [0.4, 0.5) is 0 Å². The van der Waals surface area contributed by atoms with Gasteiger partial charge in [0.15, 0.2) is 0 Å². The first-order valence-electron chi connectivity index (χ1n) is 6.57. The lowest BCUT2D eigenvalue weighted by molar-refractivity contribution is 0.263. The van der Waals surface area contributed by atoms with Crippen LogP contribution in [0.25, 0.3) is 0 Å². The van der Waals surface area contributed by atoms with E-state index in [-0.39, 0.29) is 12.5 Å². The fraction of sp³-hybridized carbons (Fsp3) is 0.571. The highest BCUT2D eigenvalue weighted by Crippen LogP contribution is 2.25. The Morgan fingerprint density at radius 3 is 2.30 bits per heavy atom. The Bertz CT molecular complexity index is 531. The SMILES string of the molecule is COc1cc(C)c(S(=O)(=O)NCC(C)CCO)c(C)c1. The third-order valence-electron chi connectivity index (χ3n) is 3.18. The number of rotatable bonds is 7. The number of hydrogen-bond acceptors (Lipinski definition) is 4. The van der Waals surface area contributed by atoms with Crippen molar-refractivity contribution < 1.29 is 18.3 Å². The Hall–Kier alpha value is -1.11. The van der Waals surface area contributed by atoms with Gasteiger partial charge in [-0.15, -0.1) is 0 Å². The smallest absolute Gasteiger partial charge is 0.241 e. The topological polar surface area (TPSA) is 75.6 Å². The summed E-state index contributed by atoms with van der Waals surface area (Å²) in [6, 6.07) is 3.41. The zero-order valence-electron chi connectivity index (χ0n) is 12.4. The van der Waals surface area contributed by atoms with Gasteiger partial charge >= 0.3 is 0 Å². The van der Waals surface area contributed by atoms with Gasteiger partial charge in [-0.25, -0.2) is 13.1 Å². The van der Waals surface area contributed by atoms with Gasteiger partial charge < -0.3 is 9.84 Å².